The van der Waals surface area contributed by atoms with Gasteiger partial charge in [-0.1, -0.05) is 31.2 Å². The van der Waals surface area contributed by atoms with E-state index in [4.69, 9.17) is 4.74 Å². The summed E-state index contributed by atoms with van der Waals surface area (Å²) in [6.45, 7) is 7.54. The number of rotatable bonds is 12. The minimum Gasteiger partial charge on any atom is -0.497 e. The predicted octanol–water partition coefficient (Wildman–Crippen LogP) is 4.10. The first-order chi connectivity index (χ1) is 17.3. The van der Waals surface area contributed by atoms with Crippen molar-refractivity contribution in [3.05, 3.63) is 59.9 Å². The molecular formula is C27H38FN3O5S. The summed E-state index contributed by atoms with van der Waals surface area (Å²) in [5.41, 5.74) is 0.241. The van der Waals surface area contributed by atoms with E-state index in [0.717, 1.165) is 16.1 Å². The molecule has 2 aromatic rings. The maximum Gasteiger partial charge on any atom is 0.243 e. The Bertz CT molecular complexity index is 1180. The highest BCUT2D eigenvalue weighted by molar-refractivity contribution is 7.92. The zero-order chi connectivity index (χ0) is 27.8. The third-order valence-corrected chi connectivity index (χ3v) is 6.82. The first kappa shape index (κ1) is 30.1. The van der Waals surface area contributed by atoms with Crippen LogP contribution in [0.15, 0.2) is 48.5 Å². The van der Waals surface area contributed by atoms with Crippen molar-refractivity contribution in [1.82, 2.24) is 10.2 Å². The molecule has 1 N–H and O–H groups in total. The number of anilines is 1. The van der Waals surface area contributed by atoms with Crippen LogP contribution in [0.25, 0.3) is 0 Å². The second-order valence-corrected chi connectivity index (χ2v) is 11.8. The topological polar surface area (TPSA) is 96.0 Å². The minimum absolute atomic E-state index is 0.0241. The lowest BCUT2D eigenvalue weighted by atomic mass is 10.0. The van der Waals surface area contributed by atoms with Crippen LogP contribution in [0.3, 0.4) is 0 Å². The molecule has 2 aromatic carbocycles. The van der Waals surface area contributed by atoms with Crippen molar-refractivity contribution in [2.24, 2.45) is 0 Å². The fourth-order valence-electron chi connectivity index (χ4n) is 3.98. The normalized spacial score (nSPS) is 12.5. The SMILES string of the molecule is CC[C@@H](C(=O)NC(C)(C)C)N(Cc1cccc(OC)c1)C(=O)CCCN(c1ccccc1F)S(C)(=O)=O. The van der Waals surface area contributed by atoms with Crippen LogP contribution < -0.4 is 14.4 Å². The van der Waals surface area contributed by atoms with Gasteiger partial charge in [0.05, 0.1) is 19.1 Å². The third kappa shape index (κ3) is 9.03. The molecule has 0 aromatic heterocycles. The minimum atomic E-state index is -3.78. The van der Waals surface area contributed by atoms with Crippen LogP contribution in [-0.2, 0) is 26.2 Å². The van der Waals surface area contributed by atoms with Crippen LogP contribution in [0.4, 0.5) is 10.1 Å². The molecule has 0 heterocycles. The lowest BCUT2D eigenvalue weighted by Gasteiger charge is -2.33. The monoisotopic (exact) mass is 535 g/mol. The summed E-state index contributed by atoms with van der Waals surface area (Å²) in [5.74, 6) is -0.606. The molecule has 1 atom stereocenters. The fourth-order valence-corrected chi connectivity index (χ4v) is 4.94. The van der Waals surface area contributed by atoms with Crippen LogP contribution in [0.1, 0.15) is 52.5 Å². The van der Waals surface area contributed by atoms with Crippen molar-refractivity contribution in [3.63, 3.8) is 0 Å². The fraction of sp³-hybridized carbons (Fsp3) is 0.481. The average molecular weight is 536 g/mol. The molecule has 0 fully saturated rings. The lowest BCUT2D eigenvalue weighted by Crippen LogP contribution is -2.53. The Morgan fingerprint density at radius 1 is 1.11 bits per heavy atom. The number of carbonyl (C=O) groups is 2. The van der Waals surface area contributed by atoms with E-state index in [1.54, 1.807) is 25.3 Å². The van der Waals surface area contributed by atoms with Crippen molar-refractivity contribution in [2.45, 2.75) is 65.1 Å². The average Bonchev–Trinajstić information content (AvgIpc) is 2.80. The summed E-state index contributed by atoms with van der Waals surface area (Å²) >= 11 is 0. The lowest BCUT2D eigenvalue weighted by molar-refractivity contribution is -0.142. The van der Waals surface area contributed by atoms with E-state index in [9.17, 15) is 22.4 Å². The quantitative estimate of drug-likeness (QED) is 0.442. The van der Waals surface area contributed by atoms with Crippen molar-refractivity contribution in [2.75, 3.05) is 24.2 Å². The molecule has 0 aliphatic rings. The van der Waals surface area contributed by atoms with Crippen molar-refractivity contribution < 1.29 is 27.1 Å². The Balaban J connectivity index is 2.27. The van der Waals surface area contributed by atoms with Gasteiger partial charge in [-0.3, -0.25) is 13.9 Å². The molecule has 0 aliphatic heterocycles. The number of nitrogens with one attached hydrogen (secondary N) is 1. The molecule has 0 saturated carbocycles. The predicted molar refractivity (Wildman–Crippen MR) is 143 cm³/mol. The Labute approximate surface area is 219 Å². The smallest absolute Gasteiger partial charge is 0.243 e. The first-order valence-corrected chi connectivity index (χ1v) is 14.1. The number of carbonyl (C=O) groups excluding carboxylic acids is 2. The molecule has 0 spiro atoms. The molecular weight excluding hydrogens is 497 g/mol. The number of sulfonamides is 1. The van der Waals surface area contributed by atoms with Crippen LogP contribution in [-0.4, -0.2) is 56.6 Å². The molecule has 8 nitrogen and oxygen atoms in total. The van der Waals surface area contributed by atoms with Crippen molar-refractivity contribution in [3.8, 4) is 5.75 Å². The molecule has 37 heavy (non-hydrogen) atoms. The number of ether oxygens (including phenoxy) is 1. The Hall–Kier alpha value is -3.14. The van der Waals surface area contributed by atoms with E-state index >= 15 is 0 Å². The van der Waals surface area contributed by atoms with E-state index in [2.05, 4.69) is 5.32 Å². The maximum atomic E-state index is 14.3. The van der Waals surface area contributed by atoms with Crippen LogP contribution in [0.2, 0.25) is 0 Å². The zero-order valence-corrected chi connectivity index (χ0v) is 23.3. The standard InChI is InChI=1S/C27H38FN3O5S/c1-7-23(26(33)29-27(2,3)4)30(19-20-12-10-13-21(18-20)36-5)25(32)16-11-17-31(37(6,34)35)24-15-9-8-14-22(24)28/h8-10,12-15,18,23H,7,11,16-17,19H2,1-6H3,(H,29,33)/t23-/m0/s1. The molecule has 2 rings (SSSR count). The summed E-state index contributed by atoms with van der Waals surface area (Å²) in [5, 5.41) is 2.95. The van der Waals surface area contributed by atoms with Crippen molar-refractivity contribution in [1.29, 1.82) is 0 Å². The molecule has 0 radical (unpaired) electrons. The van der Waals surface area contributed by atoms with E-state index in [-0.39, 0.29) is 43.4 Å². The van der Waals surface area contributed by atoms with Gasteiger partial charge in [-0.15, -0.1) is 0 Å². The molecule has 204 valence electrons. The number of nitrogens with zero attached hydrogens (tertiary/aromatic N) is 2. The van der Waals surface area contributed by atoms with Crippen LogP contribution in [0, 0.1) is 5.82 Å². The molecule has 0 aliphatic carbocycles. The molecule has 2 amide bonds. The van der Waals surface area contributed by atoms with Gasteiger partial charge in [-0.05, 0) is 63.4 Å². The van der Waals surface area contributed by atoms with Gasteiger partial charge in [-0.2, -0.15) is 0 Å². The van der Waals surface area contributed by atoms with E-state index in [0.29, 0.717) is 12.2 Å². The number of hydrogen-bond acceptors (Lipinski definition) is 5. The summed E-state index contributed by atoms with van der Waals surface area (Å²) < 4.78 is 45.3. The van der Waals surface area contributed by atoms with Crippen LogP contribution >= 0.6 is 0 Å². The zero-order valence-electron chi connectivity index (χ0n) is 22.5. The Morgan fingerprint density at radius 2 is 1.78 bits per heavy atom. The molecule has 0 unspecified atom stereocenters. The third-order valence-electron chi connectivity index (χ3n) is 5.64. The number of halogens is 1. The van der Waals surface area contributed by atoms with E-state index < -0.39 is 27.4 Å². The van der Waals surface area contributed by atoms with Gasteiger partial charge in [0.2, 0.25) is 21.8 Å². The van der Waals surface area contributed by atoms with Gasteiger partial charge < -0.3 is 15.0 Å². The van der Waals surface area contributed by atoms with Gasteiger partial charge in [0.1, 0.15) is 17.6 Å². The van der Waals surface area contributed by atoms with Gasteiger partial charge in [0.15, 0.2) is 0 Å². The molecule has 0 saturated heterocycles. The Kier molecular flexibility index (Phi) is 10.5. The summed E-state index contributed by atoms with van der Waals surface area (Å²) in [6, 6.07) is 12.1. The van der Waals surface area contributed by atoms with Crippen LogP contribution in [0.5, 0.6) is 5.75 Å². The summed E-state index contributed by atoms with van der Waals surface area (Å²) in [7, 11) is -2.23. The van der Waals surface area contributed by atoms with Gasteiger partial charge in [-0.25, -0.2) is 12.8 Å². The van der Waals surface area contributed by atoms with Gasteiger partial charge >= 0.3 is 0 Å². The highest BCUT2D eigenvalue weighted by Gasteiger charge is 2.31. The summed E-state index contributed by atoms with van der Waals surface area (Å²) in [6.07, 6.45) is 1.51. The maximum absolute atomic E-state index is 14.3. The largest absolute Gasteiger partial charge is 0.497 e. The second kappa shape index (κ2) is 12.9. The number of amides is 2. The highest BCUT2D eigenvalue weighted by atomic mass is 32.2. The molecule has 0 bridgehead atoms. The first-order valence-electron chi connectivity index (χ1n) is 12.2. The second-order valence-electron chi connectivity index (χ2n) is 9.93. The van der Waals surface area contributed by atoms with E-state index in [1.807, 2.05) is 39.8 Å². The Morgan fingerprint density at radius 3 is 2.35 bits per heavy atom. The number of benzene rings is 2. The van der Waals surface area contributed by atoms with Gasteiger partial charge in [0.25, 0.3) is 0 Å². The molecule has 10 heteroatoms. The van der Waals surface area contributed by atoms with Crippen molar-refractivity contribution >= 4 is 27.5 Å². The van der Waals surface area contributed by atoms with E-state index in [1.165, 1.54) is 23.1 Å². The number of methoxy groups -OCH3 is 1. The number of para-hydroxylation sites is 1. The number of hydrogen-bond donors (Lipinski definition) is 1. The summed E-state index contributed by atoms with van der Waals surface area (Å²) in [4.78, 5) is 28.1. The highest BCUT2D eigenvalue weighted by Crippen LogP contribution is 2.23. The van der Waals surface area contributed by atoms with Gasteiger partial charge in [0, 0.05) is 25.0 Å².